The summed E-state index contributed by atoms with van der Waals surface area (Å²) in [4.78, 5) is 40.1. The van der Waals surface area contributed by atoms with Crippen LogP contribution in [0.2, 0.25) is 0 Å². The summed E-state index contributed by atoms with van der Waals surface area (Å²) in [5.41, 5.74) is 0.941. The van der Waals surface area contributed by atoms with Crippen LogP contribution in [0.1, 0.15) is 58.7 Å². The molecular formula is C22H35N3O4S. The summed E-state index contributed by atoms with van der Waals surface area (Å²) in [7, 11) is 0. The number of rotatable bonds is 8. The fourth-order valence-corrected chi connectivity index (χ4v) is 3.26. The van der Waals surface area contributed by atoms with Gasteiger partial charge in [-0.2, -0.15) is 12.6 Å². The first-order valence-electron chi connectivity index (χ1n) is 10.2. The molecule has 30 heavy (non-hydrogen) atoms. The average molecular weight is 438 g/mol. The molecule has 2 unspecified atom stereocenters. The molecule has 0 aromatic heterocycles. The molecule has 0 bridgehead atoms. The lowest BCUT2D eigenvalue weighted by Crippen LogP contribution is -2.54. The Balaban J connectivity index is 3.25. The molecule has 0 heterocycles. The van der Waals surface area contributed by atoms with Crippen LogP contribution in [0.15, 0.2) is 24.3 Å². The molecule has 1 aromatic carbocycles. The summed E-state index contributed by atoms with van der Waals surface area (Å²) in [6, 6.07) is 5.62. The molecule has 0 aliphatic heterocycles. The number of hydrogen-bond acceptors (Lipinski definition) is 5. The third-order valence-electron chi connectivity index (χ3n) is 4.27. The highest BCUT2D eigenvalue weighted by Gasteiger charge is 2.35. The molecule has 0 radical (unpaired) electrons. The standard InChI is InChI=1S/C22H35N3O4S/c1-8-25(20(27)17(13-30)24-21(28)29-22(5,6)7)18(19(26)23-14(2)3)16-12-10-9-11-15(16)4/h9-12,14,17-18,30H,8,13H2,1-7H3,(H,23,26)(H,24,28). The Kier molecular flexibility index (Phi) is 9.68. The molecule has 1 rings (SSSR count). The zero-order valence-corrected chi connectivity index (χ0v) is 19.9. The quantitative estimate of drug-likeness (QED) is 0.545. The van der Waals surface area contributed by atoms with Crippen molar-refractivity contribution in [1.29, 1.82) is 0 Å². The molecule has 0 saturated heterocycles. The number of amides is 3. The summed E-state index contributed by atoms with van der Waals surface area (Å²) in [6.45, 7) is 12.9. The third-order valence-corrected chi connectivity index (χ3v) is 4.63. The lowest BCUT2D eigenvalue weighted by Gasteiger charge is -2.34. The van der Waals surface area contributed by atoms with Gasteiger partial charge < -0.3 is 20.3 Å². The molecule has 2 atom stereocenters. The van der Waals surface area contributed by atoms with Crippen LogP contribution in [0.3, 0.4) is 0 Å². The summed E-state index contributed by atoms with van der Waals surface area (Å²) in [5, 5.41) is 5.48. The molecule has 0 spiro atoms. The number of carbonyl (C=O) groups excluding carboxylic acids is 3. The SMILES string of the molecule is CCN(C(=O)C(CS)NC(=O)OC(C)(C)C)C(C(=O)NC(C)C)c1ccccc1C. The van der Waals surface area contributed by atoms with Crippen LogP contribution in [0.25, 0.3) is 0 Å². The molecule has 7 nitrogen and oxygen atoms in total. The van der Waals surface area contributed by atoms with Gasteiger partial charge in [0.25, 0.3) is 0 Å². The lowest BCUT2D eigenvalue weighted by atomic mass is 9.98. The van der Waals surface area contributed by atoms with E-state index in [-0.39, 0.29) is 24.2 Å². The smallest absolute Gasteiger partial charge is 0.408 e. The highest BCUT2D eigenvalue weighted by atomic mass is 32.1. The topological polar surface area (TPSA) is 87.7 Å². The van der Waals surface area contributed by atoms with Crippen molar-refractivity contribution in [3.05, 3.63) is 35.4 Å². The third kappa shape index (κ3) is 7.55. The van der Waals surface area contributed by atoms with Gasteiger partial charge in [-0.25, -0.2) is 4.79 Å². The van der Waals surface area contributed by atoms with Crippen LogP contribution >= 0.6 is 12.6 Å². The van der Waals surface area contributed by atoms with Crippen LogP contribution in [-0.4, -0.2) is 52.8 Å². The first-order chi connectivity index (χ1) is 13.9. The molecular weight excluding hydrogens is 402 g/mol. The van der Waals surface area contributed by atoms with Gasteiger partial charge in [-0.15, -0.1) is 0 Å². The van der Waals surface area contributed by atoms with E-state index in [4.69, 9.17) is 4.74 Å². The van der Waals surface area contributed by atoms with E-state index in [2.05, 4.69) is 23.3 Å². The second kappa shape index (κ2) is 11.2. The van der Waals surface area contributed by atoms with Gasteiger partial charge in [0, 0.05) is 18.3 Å². The normalized spacial score (nSPS) is 13.4. The zero-order chi connectivity index (χ0) is 23.1. The van der Waals surface area contributed by atoms with E-state index in [1.54, 1.807) is 27.7 Å². The molecule has 0 aliphatic carbocycles. The van der Waals surface area contributed by atoms with Gasteiger partial charge in [-0.05, 0) is 59.6 Å². The predicted octanol–water partition coefficient (Wildman–Crippen LogP) is 3.23. The van der Waals surface area contributed by atoms with Crippen molar-refractivity contribution in [3.63, 3.8) is 0 Å². The van der Waals surface area contributed by atoms with Gasteiger partial charge in [0.05, 0.1) is 0 Å². The number of nitrogens with one attached hydrogen (secondary N) is 2. The Morgan fingerprint density at radius 1 is 1.13 bits per heavy atom. The number of benzene rings is 1. The number of nitrogens with zero attached hydrogens (tertiary/aromatic N) is 1. The Morgan fingerprint density at radius 3 is 2.20 bits per heavy atom. The zero-order valence-electron chi connectivity index (χ0n) is 19.0. The largest absolute Gasteiger partial charge is 0.444 e. The second-order valence-electron chi connectivity index (χ2n) is 8.43. The van der Waals surface area contributed by atoms with Gasteiger partial charge in [0.2, 0.25) is 11.8 Å². The number of likely N-dealkylation sites (N-methyl/N-ethyl adjacent to an activating group) is 1. The molecule has 2 N–H and O–H groups in total. The second-order valence-corrected chi connectivity index (χ2v) is 8.79. The Bertz CT molecular complexity index is 746. The monoisotopic (exact) mass is 437 g/mol. The summed E-state index contributed by atoms with van der Waals surface area (Å²) < 4.78 is 5.26. The fourth-order valence-electron chi connectivity index (χ4n) is 3.01. The van der Waals surface area contributed by atoms with Gasteiger partial charge >= 0.3 is 6.09 Å². The Labute approximate surface area is 185 Å². The molecule has 3 amide bonds. The maximum atomic E-state index is 13.3. The predicted molar refractivity (Wildman–Crippen MR) is 122 cm³/mol. The molecule has 0 saturated carbocycles. The first-order valence-corrected chi connectivity index (χ1v) is 10.8. The van der Waals surface area contributed by atoms with Gasteiger partial charge in [-0.1, -0.05) is 24.3 Å². The minimum absolute atomic E-state index is 0.0703. The van der Waals surface area contributed by atoms with Gasteiger partial charge in [0.1, 0.15) is 17.7 Å². The van der Waals surface area contributed by atoms with E-state index >= 15 is 0 Å². The van der Waals surface area contributed by atoms with E-state index in [1.807, 2.05) is 45.0 Å². The number of aryl methyl sites for hydroxylation is 1. The van der Waals surface area contributed by atoms with Crippen LogP contribution < -0.4 is 10.6 Å². The van der Waals surface area contributed by atoms with Gasteiger partial charge in [0.15, 0.2) is 0 Å². The minimum atomic E-state index is -0.929. The Morgan fingerprint density at radius 2 is 1.73 bits per heavy atom. The number of ether oxygens (including phenoxy) is 1. The molecule has 1 aromatic rings. The number of thiol groups is 1. The summed E-state index contributed by atoms with van der Waals surface area (Å²) in [5.74, 6) is -0.601. The van der Waals surface area contributed by atoms with Crippen molar-refractivity contribution in [2.24, 2.45) is 0 Å². The maximum Gasteiger partial charge on any atom is 0.408 e. The number of alkyl carbamates (subject to hydrolysis) is 1. The number of carbonyl (C=O) groups is 3. The molecule has 8 heteroatoms. The van der Waals surface area contributed by atoms with E-state index in [9.17, 15) is 14.4 Å². The highest BCUT2D eigenvalue weighted by Crippen LogP contribution is 2.25. The van der Waals surface area contributed by atoms with Crippen molar-refractivity contribution in [2.45, 2.75) is 72.2 Å². The van der Waals surface area contributed by atoms with Crippen molar-refractivity contribution in [1.82, 2.24) is 15.5 Å². The molecule has 168 valence electrons. The first kappa shape index (κ1) is 25.8. The van der Waals surface area contributed by atoms with Crippen LogP contribution in [0.4, 0.5) is 4.79 Å². The Hall–Kier alpha value is -2.22. The molecule has 0 aliphatic rings. The van der Waals surface area contributed by atoms with Crippen molar-refractivity contribution < 1.29 is 19.1 Å². The van der Waals surface area contributed by atoms with Crippen LogP contribution in [0, 0.1) is 6.92 Å². The van der Waals surface area contributed by atoms with E-state index in [0.29, 0.717) is 0 Å². The van der Waals surface area contributed by atoms with E-state index in [1.165, 1.54) is 4.90 Å². The highest BCUT2D eigenvalue weighted by molar-refractivity contribution is 7.80. The van der Waals surface area contributed by atoms with Crippen LogP contribution in [-0.2, 0) is 14.3 Å². The van der Waals surface area contributed by atoms with E-state index in [0.717, 1.165) is 11.1 Å². The van der Waals surface area contributed by atoms with Crippen LogP contribution in [0.5, 0.6) is 0 Å². The summed E-state index contributed by atoms with van der Waals surface area (Å²) in [6.07, 6.45) is -0.704. The number of hydrogen-bond donors (Lipinski definition) is 3. The minimum Gasteiger partial charge on any atom is -0.444 e. The fraction of sp³-hybridized carbons (Fsp3) is 0.591. The van der Waals surface area contributed by atoms with Gasteiger partial charge in [-0.3, -0.25) is 9.59 Å². The van der Waals surface area contributed by atoms with E-state index < -0.39 is 29.7 Å². The maximum absolute atomic E-state index is 13.3. The van der Waals surface area contributed by atoms with Crippen molar-refractivity contribution >= 4 is 30.5 Å². The van der Waals surface area contributed by atoms with Crippen molar-refractivity contribution in [3.8, 4) is 0 Å². The average Bonchev–Trinajstić information content (AvgIpc) is 2.62. The molecule has 0 fully saturated rings. The lowest BCUT2D eigenvalue weighted by molar-refractivity contribution is -0.142. The van der Waals surface area contributed by atoms with Crippen molar-refractivity contribution in [2.75, 3.05) is 12.3 Å². The summed E-state index contributed by atoms with van der Waals surface area (Å²) >= 11 is 4.24.